The predicted octanol–water partition coefficient (Wildman–Crippen LogP) is 3.22. The van der Waals surface area contributed by atoms with Crippen LogP contribution in [0.3, 0.4) is 0 Å². The molecular weight excluding hydrogens is 272 g/mol. The summed E-state index contributed by atoms with van der Waals surface area (Å²) in [6.07, 6.45) is 5.08. The van der Waals surface area contributed by atoms with Crippen molar-refractivity contribution >= 4 is 5.91 Å². The Bertz CT molecular complexity index is 492. The predicted molar refractivity (Wildman–Crippen MR) is 94.1 cm³/mol. The number of likely N-dealkylation sites (N-methyl/N-ethyl adjacent to an activating group) is 1. The third kappa shape index (κ3) is 6.44. The number of carbonyl (C=O) groups excluding carboxylic acids is 1. The van der Waals surface area contributed by atoms with Crippen molar-refractivity contribution in [3.8, 4) is 0 Å². The molecule has 0 spiro atoms. The minimum Gasteiger partial charge on any atom is -0.352 e. The Hall–Kier alpha value is -1.61. The molecule has 3 heteroatoms. The van der Waals surface area contributed by atoms with E-state index in [0.29, 0.717) is 12.5 Å². The maximum Gasteiger partial charge on any atom is 0.227 e. The van der Waals surface area contributed by atoms with Crippen LogP contribution in [0.2, 0.25) is 0 Å². The second-order valence-corrected chi connectivity index (χ2v) is 6.50. The lowest BCUT2D eigenvalue weighted by Crippen LogP contribution is -2.28. The fraction of sp³-hybridized carbons (Fsp3) is 0.526. The van der Waals surface area contributed by atoms with E-state index in [1.165, 1.54) is 5.56 Å². The maximum absolute atomic E-state index is 12.3. The van der Waals surface area contributed by atoms with E-state index in [4.69, 9.17) is 0 Å². The summed E-state index contributed by atoms with van der Waals surface area (Å²) < 4.78 is 0. The molecule has 22 heavy (non-hydrogen) atoms. The van der Waals surface area contributed by atoms with E-state index >= 15 is 0 Å². The van der Waals surface area contributed by atoms with Gasteiger partial charge in [-0.1, -0.05) is 50.3 Å². The molecule has 0 unspecified atom stereocenters. The molecule has 0 aliphatic carbocycles. The molecule has 1 aromatic carbocycles. The summed E-state index contributed by atoms with van der Waals surface area (Å²) in [6, 6.07) is 8.27. The third-order valence-electron chi connectivity index (χ3n) is 3.57. The molecule has 0 heterocycles. The Labute approximate surface area is 135 Å². The topological polar surface area (TPSA) is 32.3 Å². The number of nitrogens with zero attached hydrogens (tertiary/aromatic N) is 1. The highest BCUT2D eigenvalue weighted by Gasteiger charge is 2.17. The van der Waals surface area contributed by atoms with Crippen molar-refractivity contribution in [2.75, 3.05) is 27.2 Å². The zero-order chi connectivity index (χ0) is 16.5. The van der Waals surface area contributed by atoms with Gasteiger partial charge in [0.1, 0.15) is 0 Å². The molecule has 1 N–H and O–H groups in total. The van der Waals surface area contributed by atoms with Crippen molar-refractivity contribution in [3.63, 3.8) is 0 Å². The van der Waals surface area contributed by atoms with Gasteiger partial charge in [-0.15, -0.1) is 0 Å². The van der Waals surface area contributed by atoms with Gasteiger partial charge in [-0.05, 0) is 44.5 Å². The molecule has 1 rings (SSSR count). The smallest absolute Gasteiger partial charge is 0.227 e. The van der Waals surface area contributed by atoms with Crippen molar-refractivity contribution < 1.29 is 4.79 Å². The minimum absolute atomic E-state index is 0.0886. The van der Waals surface area contributed by atoms with Gasteiger partial charge in [-0.25, -0.2) is 0 Å². The van der Waals surface area contributed by atoms with Crippen molar-refractivity contribution in [1.29, 1.82) is 0 Å². The molecule has 3 nitrogen and oxygen atoms in total. The SMILES string of the molecule is CC(C)Cc1ccccc1[C@@H](C)C(=O)NC/C=C\CN(C)C. The molecule has 0 saturated heterocycles. The Morgan fingerprint density at radius 3 is 2.50 bits per heavy atom. The van der Waals surface area contributed by atoms with Crippen molar-refractivity contribution in [2.24, 2.45) is 5.92 Å². The van der Waals surface area contributed by atoms with Crippen molar-refractivity contribution in [2.45, 2.75) is 33.1 Å². The second-order valence-electron chi connectivity index (χ2n) is 6.50. The molecule has 0 aromatic heterocycles. The zero-order valence-electron chi connectivity index (χ0n) is 14.6. The number of benzene rings is 1. The first-order valence-corrected chi connectivity index (χ1v) is 8.07. The lowest BCUT2D eigenvalue weighted by atomic mass is 9.90. The third-order valence-corrected chi connectivity index (χ3v) is 3.57. The van der Waals surface area contributed by atoms with Crippen LogP contribution in [0.25, 0.3) is 0 Å². The second kappa shape index (κ2) is 9.42. The number of carbonyl (C=O) groups is 1. The van der Waals surface area contributed by atoms with Gasteiger partial charge >= 0.3 is 0 Å². The fourth-order valence-electron chi connectivity index (χ4n) is 2.40. The lowest BCUT2D eigenvalue weighted by molar-refractivity contribution is -0.122. The van der Waals surface area contributed by atoms with Crippen LogP contribution in [0.1, 0.15) is 37.8 Å². The van der Waals surface area contributed by atoms with Crippen LogP contribution in [0.4, 0.5) is 0 Å². The number of hydrogen-bond donors (Lipinski definition) is 1. The van der Waals surface area contributed by atoms with E-state index in [2.05, 4.69) is 48.3 Å². The first kappa shape index (κ1) is 18.4. The average molecular weight is 302 g/mol. The van der Waals surface area contributed by atoms with E-state index in [0.717, 1.165) is 18.5 Å². The molecule has 0 aliphatic heterocycles. The molecule has 0 saturated carbocycles. The van der Waals surface area contributed by atoms with Crippen LogP contribution < -0.4 is 5.32 Å². The van der Waals surface area contributed by atoms with E-state index < -0.39 is 0 Å². The van der Waals surface area contributed by atoms with Crippen LogP contribution in [-0.2, 0) is 11.2 Å². The normalized spacial score (nSPS) is 13.0. The zero-order valence-corrected chi connectivity index (χ0v) is 14.6. The quantitative estimate of drug-likeness (QED) is 0.748. The Morgan fingerprint density at radius 2 is 1.86 bits per heavy atom. The molecule has 122 valence electrons. The first-order valence-electron chi connectivity index (χ1n) is 8.07. The summed E-state index contributed by atoms with van der Waals surface area (Å²) in [4.78, 5) is 14.4. The van der Waals surface area contributed by atoms with Crippen LogP contribution in [0.5, 0.6) is 0 Å². The summed E-state index contributed by atoms with van der Waals surface area (Å²) in [6.45, 7) is 7.87. The average Bonchev–Trinajstić information content (AvgIpc) is 2.45. The summed E-state index contributed by atoms with van der Waals surface area (Å²) in [5.41, 5.74) is 2.43. The van der Waals surface area contributed by atoms with Gasteiger partial charge in [0, 0.05) is 13.1 Å². The monoisotopic (exact) mass is 302 g/mol. The van der Waals surface area contributed by atoms with Gasteiger partial charge < -0.3 is 10.2 Å². The van der Waals surface area contributed by atoms with E-state index in [1.54, 1.807) is 0 Å². The summed E-state index contributed by atoms with van der Waals surface area (Å²) in [5.74, 6) is 0.563. The van der Waals surface area contributed by atoms with Gasteiger partial charge in [0.25, 0.3) is 0 Å². The van der Waals surface area contributed by atoms with Gasteiger partial charge in [0.05, 0.1) is 5.92 Å². The van der Waals surface area contributed by atoms with Gasteiger partial charge in [-0.2, -0.15) is 0 Å². The largest absolute Gasteiger partial charge is 0.352 e. The summed E-state index contributed by atoms with van der Waals surface area (Å²) in [5, 5.41) is 2.99. The molecule has 1 aromatic rings. The fourth-order valence-corrected chi connectivity index (χ4v) is 2.40. The van der Waals surface area contributed by atoms with Gasteiger partial charge in [-0.3, -0.25) is 4.79 Å². The van der Waals surface area contributed by atoms with Crippen LogP contribution in [-0.4, -0.2) is 38.0 Å². The first-order chi connectivity index (χ1) is 10.4. The highest BCUT2D eigenvalue weighted by molar-refractivity contribution is 5.83. The van der Waals surface area contributed by atoms with Gasteiger partial charge in [0.15, 0.2) is 0 Å². The molecule has 1 amide bonds. The van der Waals surface area contributed by atoms with Gasteiger partial charge in [0.2, 0.25) is 5.91 Å². The van der Waals surface area contributed by atoms with E-state index in [9.17, 15) is 4.79 Å². The minimum atomic E-state index is -0.114. The molecule has 0 aliphatic rings. The summed E-state index contributed by atoms with van der Waals surface area (Å²) in [7, 11) is 4.05. The van der Waals surface area contributed by atoms with Crippen LogP contribution >= 0.6 is 0 Å². The molecule has 0 radical (unpaired) electrons. The number of rotatable bonds is 8. The number of hydrogen-bond acceptors (Lipinski definition) is 2. The van der Waals surface area contributed by atoms with Crippen molar-refractivity contribution in [3.05, 3.63) is 47.5 Å². The summed E-state index contributed by atoms with van der Waals surface area (Å²) >= 11 is 0. The molecule has 1 atom stereocenters. The Balaban J connectivity index is 2.61. The Morgan fingerprint density at radius 1 is 1.18 bits per heavy atom. The molecule has 0 bridgehead atoms. The van der Waals surface area contributed by atoms with E-state index in [-0.39, 0.29) is 11.8 Å². The molecular formula is C19H30N2O. The molecule has 0 fully saturated rings. The number of amides is 1. The Kier molecular flexibility index (Phi) is 7.89. The highest BCUT2D eigenvalue weighted by Crippen LogP contribution is 2.22. The standard InChI is InChI=1S/C19H30N2O/c1-15(2)14-17-10-6-7-11-18(17)16(3)19(22)20-12-8-9-13-21(4)5/h6-11,15-16H,12-14H2,1-5H3,(H,20,22)/b9-8-/t16-/m1/s1. The maximum atomic E-state index is 12.3. The van der Waals surface area contributed by atoms with Crippen LogP contribution in [0.15, 0.2) is 36.4 Å². The number of nitrogens with one attached hydrogen (secondary N) is 1. The highest BCUT2D eigenvalue weighted by atomic mass is 16.1. The lowest BCUT2D eigenvalue weighted by Gasteiger charge is -2.17. The van der Waals surface area contributed by atoms with Crippen LogP contribution in [0, 0.1) is 5.92 Å². The van der Waals surface area contributed by atoms with Crippen molar-refractivity contribution in [1.82, 2.24) is 10.2 Å². The van der Waals surface area contributed by atoms with E-state index in [1.807, 2.05) is 33.2 Å².